The van der Waals surface area contributed by atoms with Crippen molar-refractivity contribution in [3.8, 4) is 5.75 Å². The third kappa shape index (κ3) is 2.72. The number of hydrogen-bond donors (Lipinski definition) is 2. The highest BCUT2D eigenvalue weighted by Gasteiger charge is 2.16. The maximum atomic E-state index is 13.1. The van der Waals surface area contributed by atoms with Crippen LogP contribution in [0.3, 0.4) is 0 Å². The summed E-state index contributed by atoms with van der Waals surface area (Å²) in [5.74, 6) is -0.276. The van der Waals surface area contributed by atoms with Gasteiger partial charge in [0.15, 0.2) is 0 Å². The van der Waals surface area contributed by atoms with Crippen LogP contribution in [0.15, 0.2) is 18.2 Å². The summed E-state index contributed by atoms with van der Waals surface area (Å²) in [7, 11) is -1.78. The van der Waals surface area contributed by atoms with E-state index in [1.165, 1.54) is 12.1 Å². The molecular weight excluding hydrogens is 186 g/mol. The van der Waals surface area contributed by atoms with E-state index in [2.05, 4.69) is 0 Å². The largest absolute Gasteiger partial charge is 0.494 e. The molecule has 76 valence electrons. The summed E-state index contributed by atoms with van der Waals surface area (Å²) in [4.78, 5) is 0. The Balaban J connectivity index is 2.78. The van der Waals surface area contributed by atoms with E-state index in [1.807, 2.05) is 6.92 Å². The molecule has 0 heterocycles. The molecule has 0 radical (unpaired) electrons. The second-order valence-corrected chi connectivity index (χ2v) is 2.91. The van der Waals surface area contributed by atoms with E-state index in [4.69, 9.17) is 14.8 Å². The monoisotopic (exact) mass is 198 g/mol. The first kappa shape index (κ1) is 11.0. The van der Waals surface area contributed by atoms with Crippen LogP contribution < -0.4 is 10.2 Å². The minimum absolute atomic E-state index is 0.145. The van der Waals surface area contributed by atoms with Gasteiger partial charge in [-0.3, -0.25) is 0 Å². The lowest BCUT2D eigenvalue weighted by Crippen LogP contribution is -2.32. The van der Waals surface area contributed by atoms with Crippen LogP contribution in [0, 0.1) is 5.82 Å². The van der Waals surface area contributed by atoms with Crippen molar-refractivity contribution < 1.29 is 19.2 Å². The van der Waals surface area contributed by atoms with Gasteiger partial charge >= 0.3 is 7.12 Å². The summed E-state index contributed by atoms with van der Waals surface area (Å²) in [5, 5.41) is 17.5. The molecular formula is C9H12BFO3. The van der Waals surface area contributed by atoms with Gasteiger partial charge in [-0.15, -0.1) is 0 Å². The molecule has 3 nitrogen and oxygen atoms in total. The van der Waals surface area contributed by atoms with Crippen LogP contribution in [0.4, 0.5) is 4.39 Å². The molecule has 0 saturated heterocycles. The Kier molecular flexibility index (Phi) is 3.91. The van der Waals surface area contributed by atoms with Crippen LogP contribution in [0.5, 0.6) is 5.75 Å². The van der Waals surface area contributed by atoms with Gasteiger partial charge in [0.2, 0.25) is 0 Å². The third-order valence-corrected chi connectivity index (χ3v) is 1.72. The maximum Gasteiger partial charge on any atom is 0.491 e. The minimum Gasteiger partial charge on any atom is -0.494 e. The summed E-state index contributed by atoms with van der Waals surface area (Å²) in [5.41, 5.74) is -0.145. The van der Waals surface area contributed by atoms with E-state index in [1.54, 1.807) is 0 Å². The second kappa shape index (κ2) is 4.98. The van der Waals surface area contributed by atoms with Crippen molar-refractivity contribution >= 4 is 12.6 Å². The quantitative estimate of drug-likeness (QED) is 0.683. The third-order valence-electron chi connectivity index (χ3n) is 1.72. The number of rotatable bonds is 4. The van der Waals surface area contributed by atoms with Crippen LogP contribution in [-0.2, 0) is 0 Å². The molecule has 2 N–H and O–H groups in total. The lowest BCUT2D eigenvalue weighted by atomic mass is 9.80. The summed E-state index contributed by atoms with van der Waals surface area (Å²) >= 11 is 0. The van der Waals surface area contributed by atoms with E-state index >= 15 is 0 Å². The fourth-order valence-corrected chi connectivity index (χ4v) is 1.03. The van der Waals surface area contributed by atoms with Crippen molar-refractivity contribution in [1.29, 1.82) is 0 Å². The lowest BCUT2D eigenvalue weighted by molar-refractivity contribution is 0.316. The fraction of sp³-hybridized carbons (Fsp3) is 0.333. The first-order valence-electron chi connectivity index (χ1n) is 4.43. The zero-order chi connectivity index (χ0) is 10.6. The molecule has 0 saturated carbocycles. The summed E-state index contributed by atoms with van der Waals surface area (Å²) in [6.07, 6.45) is 0.839. The first-order valence-corrected chi connectivity index (χ1v) is 4.43. The van der Waals surface area contributed by atoms with Gasteiger partial charge in [0.25, 0.3) is 0 Å². The van der Waals surface area contributed by atoms with E-state index < -0.39 is 12.9 Å². The smallest absolute Gasteiger partial charge is 0.491 e. The molecule has 0 spiro atoms. The van der Waals surface area contributed by atoms with Crippen molar-refractivity contribution in [2.75, 3.05) is 6.61 Å². The number of ether oxygens (including phenoxy) is 1. The summed E-state index contributed by atoms with van der Waals surface area (Å²) in [6, 6.07) is 3.95. The van der Waals surface area contributed by atoms with Gasteiger partial charge in [-0.1, -0.05) is 13.0 Å². The molecule has 1 aromatic carbocycles. The lowest BCUT2D eigenvalue weighted by Gasteiger charge is -2.06. The average molecular weight is 198 g/mol. The Morgan fingerprint density at radius 3 is 2.64 bits per heavy atom. The molecule has 0 aliphatic heterocycles. The standard InChI is InChI=1S/C9H12BFO3/c1-2-5-14-7-3-4-8(10(12)13)9(11)6-7/h3-4,6,12-13H,2,5H2,1H3. The van der Waals surface area contributed by atoms with E-state index in [9.17, 15) is 4.39 Å². The van der Waals surface area contributed by atoms with Crippen LogP contribution in [0.1, 0.15) is 13.3 Å². The molecule has 0 unspecified atom stereocenters. The van der Waals surface area contributed by atoms with Crippen LogP contribution in [0.2, 0.25) is 0 Å². The van der Waals surface area contributed by atoms with Gasteiger partial charge in [-0.05, 0) is 12.5 Å². The van der Waals surface area contributed by atoms with Crippen molar-refractivity contribution in [2.24, 2.45) is 0 Å². The summed E-state index contributed by atoms with van der Waals surface area (Å²) in [6.45, 7) is 2.46. The van der Waals surface area contributed by atoms with Gasteiger partial charge in [-0.2, -0.15) is 0 Å². The molecule has 1 rings (SSSR count). The van der Waals surface area contributed by atoms with Crippen molar-refractivity contribution in [1.82, 2.24) is 0 Å². The number of benzene rings is 1. The van der Waals surface area contributed by atoms with E-state index in [0.29, 0.717) is 12.4 Å². The predicted octanol–water partition coefficient (Wildman–Crippen LogP) is 0.294. The Morgan fingerprint density at radius 1 is 1.43 bits per heavy atom. The van der Waals surface area contributed by atoms with Gasteiger partial charge in [-0.25, -0.2) is 4.39 Å². The van der Waals surface area contributed by atoms with E-state index in [-0.39, 0.29) is 5.46 Å². The first-order chi connectivity index (χ1) is 6.65. The van der Waals surface area contributed by atoms with Gasteiger partial charge in [0.05, 0.1) is 6.61 Å². The molecule has 0 aliphatic rings. The Bertz CT molecular complexity index is 304. The van der Waals surface area contributed by atoms with Crippen molar-refractivity contribution in [2.45, 2.75) is 13.3 Å². The summed E-state index contributed by atoms with van der Waals surface area (Å²) < 4.78 is 18.3. The fourth-order valence-electron chi connectivity index (χ4n) is 1.03. The van der Waals surface area contributed by atoms with Crippen LogP contribution in [-0.4, -0.2) is 23.8 Å². The van der Waals surface area contributed by atoms with Crippen LogP contribution >= 0.6 is 0 Å². The predicted molar refractivity (Wildman–Crippen MR) is 52.0 cm³/mol. The number of hydrogen-bond acceptors (Lipinski definition) is 3. The Hall–Kier alpha value is -1.07. The normalized spacial score (nSPS) is 10.0. The molecule has 14 heavy (non-hydrogen) atoms. The highest BCUT2D eigenvalue weighted by atomic mass is 19.1. The minimum atomic E-state index is -1.78. The molecule has 0 fully saturated rings. The molecule has 5 heteroatoms. The molecule has 0 amide bonds. The molecule has 0 atom stereocenters. The Morgan fingerprint density at radius 2 is 2.14 bits per heavy atom. The zero-order valence-electron chi connectivity index (χ0n) is 7.90. The van der Waals surface area contributed by atoms with Crippen LogP contribution in [0.25, 0.3) is 0 Å². The second-order valence-electron chi connectivity index (χ2n) is 2.91. The topological polar surface area (TPSA) is 49.7 Å². The average Bonchev–Trinajstić information content (AvgIpc) is 2.14. The maximum absolute atomic E-state index is 13.1. The molecule has 1 aromatic rings. The highest BCUT2D eigenvalue weighted by Crippen LogP contribution is 2.11. The van der Waals surface area contributed by atoms with Crippen molar-refractivity contribution in [3.05, 3.63) is 24.0 Å². The molecule has 0 aromatic heterocycles. The highest BCUT2D eigenvalue weighted by molar-refractivity contribution is 6.58. The van der Waals surface area contributed by atoms with E-state index in [0.717, 1.165) is 12.5 Å². The SMILES string of the molecule is CCCOc1ccc(B(O)O)c(F)c1. The van der Waals surface area contributed by atoms with Crippen molar-refractivity contribution in [3.63, 3.8) is 0 Å². The Labute approximate surface area is 82.3 Å². The van der Waals surface area contributed by atoms with Gasteiger partial charge in [0.1, 0.15) is 11.6 Å². The number of halogens is 1. The van der Waals surface area contributed by atoms with Gasteiger partial charge in [0, 0.05) is 11.5 Å². The zero-order valence-corrected chi connectivity index (χ0v) is 7.90. The van der Waals surface area contributed by atoms with Gasteiger partial charge < -0.3 is 14.8 Å². The molecule has 0 aliphatic carbocycles. The molecule has 0 bridgehead atoms.